The molecule has 0 aromatic carbocycles. The van der Waals surface area contributed by atoms with Gasteiger partial charge in [0.2, 0.25) is 5.88 Å². The number of nitrogens with zero attached hydrogens (tertiary/aromatic N) is 3. The summed E-state index contributed by atoms with van der Waals surface area (Å²) in [6.45, 7) is 7.50. The molecule has 112 valence electrons. The molecule has 2 heterocycles. The molecule has 0 radical (unpaired) electrons. The van der Waals surface area contributed by atoms with Gasteiger partial charge in [-0.05, 0) is 18.6 Å². The average Bonchev–Trinajstić information content (AvgIpc) is 2.51. The zero-order valence-electron chi connectivity index (χ0n) is 12.8. The van der Waals surface area contributed by atoms with Crippen LogP contribution in [0, 0.1) is 0 Å². The predicted molar refractivity (Wildman–Crippen MR) is 83.5 cm³/mol. The number of ether oxygens (including phenoxy) is 1. The Kier molecular flexibility index (Phi) is 5.49. The van der Waals surface area contributed by atoms with Gasteiger partial charge in [-0.3, -0.25) is 4.98 Å². The molecule has 5 nitrogen and oxygen atoms in total. The minimum absolute atomic E-state index is 0.255. The molecule has 21 heavy (non-hydrogen) atoms. The lowest BCUT2D eigenvalue weighted by Gasteiger charge is -2.12. The van der Waals surface area contributed by atoms with Gasteiger partial charge in [0.1, 0.15) is 11.6 Å². The van der Waals surface area contributed by atoms with Gasteiger partial charge in [-0.25, -0.2) is 4.98 Å². The third-order valence-electron chi connectivity index (χ3n) is 2.87. The number of hydrogen-bond donors (Lipinski definition) is 1. The molecule has 0 bridgehead atoms. The SMILES string of the molecule is CCCOc1cc(NCc2ccccn2)nc(C(C)C)n1. The van der Waals surface area contributed by atoms with Gasteiger partial charge in [-0.2, -0.15) is 4.98 Å². The van der Waals surface area contributed by atoms with Crippen molar-refractivity contribution < 1.29 is 4.74 Å². The van der Waals surface area contributed by atoms with Crippen molar-refractivity contribution in [2.45, 2.75) is 39.7 Å². The molecule has 0 unspecified atom stereocenters. The van der Waals surface area contributed by atoms with E-state index in [0.29, 0.717) is 19.0 Å². The van der Waals surface area contributed by atoms with Crippen molar-refractivity contribution in [3.05, 3.63) is 42.0 Å². The fourth-order valence-corrected chi connectivity index (χ4v) is 1.76. The molecule has 0 aliphatic heterocycles. The van der Waals surface area contributed by atoms with Crippen LogP contribution in [-0.4, -0.2) is 21.6 Å². The quantitative estimate of drug-likeness (QED) is 0.845. The van der Waals surface area contributed by atoms with Crippen LogP contribution in [0.1, 0.15) is 44.6 Å². The topological polar surface area (TPSA) is 59.9 Å². The molecule has 0 amide bonds. The van der Waals surface area contributed by atoms with Crippen molar-refractivity contribution in [2.24, 2.45) is 0 Å². The summed E-state index contributed by atoms with van der Waals surface area (Å²) < 4.78 is 5.63. The van der Waals surface area contributed by atoms with E-state index in [1.807, 2.05) is 24.3 Å². The minimum Gasteiger partial charge on any atom is -0.478 e. The summed E-state index contributed by atoms with van der Waals surface area (Å²) in [5.41, 5.74) is 0.971. The molecule has 0 aliphatic carbocycles. The number of aromatic nitrogens is 3. The first-order valence-electron chi connectivity index (χ1n) is 7.34. The van der Waals surface area contributed by atoms with Crippen LogP contribution < -0.4 is 10.1 Å². The lowest BCUT2D eigenvalue weighted by Crippen LogP contribution is -2.08. The van der Waals surface area contributed by atoms with Crippen molar-refractivity contribution in [1.82, 2.24) is 15.0 Å². The number of rotatable bonds is 7. The summed E-state index contributed by atoms with van der Waals surface area (Å²) in [5.74, 6) is 2.43. The van der Waals surface area contributed by atoms with Crippen molar-refractivity contribution in [2.75, 3.05) is 11.9 Å². The van der Waals surface area contributed by atoms with Crippen LogP contribution in [-0.2, 0) is 6.54 Å². The van der Waals surface area contributed by atoms with E-state index >= 15 is 0 Å². The van der Waals surface area contributed by atoms with Gasteiger partial charge in [-0.1, -0.05) is 26.8 Å². The Bertz CT molecular complexity index is 557. The second kappa shape index (κ2) is 7.57. The molecule has 0 saturated heterocycles. The highest BCUT2D eigenvalue weighted by atomic mass is 16.5. The zero-order chi connectivity index (χ0) is 15.1. The monoisotopic (exact) mass is 286 g/mol. The van der Waals surface area contributed by atoms with Crippen molar-refractivity contribution in [1.29, 1.82) is 0 Å². The lowest BCUT2D eigenvalue weighted by atomic mass is 10.2. The highest BCUT2D eigenvalue weighted by Crippen LogP contribution is 2.19. The van der Waals surface area contributed by atoms with E-state index in [0.717, 1.165) is 23.8 Å². The normalized spacial score (nSPS) is 10.7. The van der Waals surface area contributed by atoms with Crippen LogP contribution in [0.15, 0.2) is 30.5 Å². The third-order valence-corrected chi connectivity index (χ3v) is 2.87. The Hall–Kier alpha value is -2.17. The third kappa shape index (κ3) is 4.70. The Morgan fingerprint density at radius 2 is 2.10 bits per heavy atom. The number of pyridine rings is 1. The number of anilines is 1. The van der Waals surface area contributed by atoms with Gasteiger partial charge in [0.15, 0.2) is 0 Å². The standard InChI is InChI=1S/C16H22N4O/c1-4-9-21-15-10-14(19-16(20-15)12(2)3)18-11-13-7-5-6-8-17-13/h5-8,10,12H,4,9,11H2,1-3H3,(H,18,19,20). The second-order valence-corrected chi connectivity index (χ2v) is 5.13. The summed E-state index contributed by atoms with van der Waals surface area (Å²) in [4.78, 5) is 13.2. The fourth-order valence-electron chi connectivity index (χ4n) is 1.76. The highest BCUT2D eigenvalue weighted by Gasteiger charge is 2.09. The first kappa shape index (κ1) is 15.2. The molecule has 0 saturated carbocycles. The second-order valence-electron chi connectivity index (χ2n) is 5.13. The average molecular weight is 286 g/mol. The van der Waals surface area contributed by atoms with Crippen LogP contribution in [0.2, 0.25) is 0 Å². The minimum atomic E-state index is 0.255. The van der Waals surface area contributed by atoms with E-state index in [1.54, 1.807) is 6.20 Å². The first-order valence-corrected chi connectivity index (χ1v) is 7.34. The fraction of sp³-hybridized carbons (Fsp3) is 0.438. The molecule has 0 atom stereocenters. The Labute approximate surface area is 125 Å². The van der Waals surface area contributed by atoms with E-state index in [2.05, 4.69) is 41.0 Å². The van der Waals surface area contributed by atoms with E-state index in [1.165, 1.54) is 0 Å². The van der Waals surface area contributed by atoms with E-state index in [-0.39, 0.29) is 5.92 Å². The summed E-state index contributed by atoms with van der Waals surface area (Å²) in [6.07, 6.45) is 2.74. The molecule has 0 spiro atoms. The molecular weight excluding hydrogens is 264 g/mol. The first-order chi connectivity index (χ1) is 10.2. The molecule has 2 aromatic rings. The summed E-state index contributed by atoms with van der Waals surface area (Å²) in [6, 6.07) is 7.69. The van der Waals surface area contributed by atoms with Crippen molar-refractivity contribution >= 4 is 5.82 Å². The summed E-state index contributed by atoms with van der Waals surface area (Å²) >= 11 is 0. The van der Waals surface area contributed by atoms with Gasteiger partial charge in [0.25, 0.3) is 0 Å². The molecule has 1 N–H and O–H groups in total. The summed E-state index contributed by atoms with van der Waals surface area (Å²) in [5, 5.41) is 3.28. The zero-order valence-corrected chi connectivity index (χ0v) is 12.8. The maximum Gasteiger partial charge on any atom is 0.218 e. The van der Waals surface area contributed by atoms with E-state index in [9.17, 15) is 0 Å². The van der Waals surface area contributed by atoms with Crippen LogP contribution in [0.3, 0.4) is 0 Å². The molecule has 2 aromatic heterocycles. The van der Waals surface area contributed by atoms with Gasteiger partial charge in [0.05, 0.1) is 18.8 Å². The van der Waals surface area contributed by atoms with Gasteiger partial charge >= 0.3 is 0 Å². The van der Waals surface area contributed by atoms with Crippen LogP contribution in [0.5, 0.6) is 5.88 Å². The Morgan fingerprint density at radius 3 is 2.76 bits per heavy atom. The molecule has 5 heteroatoms. The van der Waals surface area contributed by atoms with E-state index < -0.39 is 0 Å². The molecule has 0 fully saturated rings. The molecule has 2 rings (SSSR count). The number of hydrogen-bond acceptors (Lipinski definition) is 5. The number of nitrogens with one attached hydrogen (secondary N) is 1. The Balaban J connectivity index is 2.11. The highest BCUT2D eigenvalue weighted by molar-refractivity contribution is 5.39. The maximum atomic E-state index is 5.63. The summed E-state index contributed by atoms with van der Waals surface area (Å²) in [7, 11) is 0. The van der Waals surface area contributed by atoms with Crippen molar-refractivity contribution in [3.63, 3.8) is 0 Å². The predicted octanol–water partition coefficient (Wildman–Crippen LogP) is 3.40. The van der Waals surface area contributed by atoms with Gasteiger partial charge in [-0.15, -0.1) is 0 Å². The van der Waals surface area contributed by atoms with Gasteiger partial charge in [0, 0.05) is 18.2 Å². The van der Waals surface area contributed by atoms with Crippen LogP contribution in [0.25, 0.3) is 0 Å². The van der Waals surface area contributed by atoms with Gasteiger partial charge < -0.3 is 10.1 Å². The van der Waals surface area contributed by atoms with E-state index in [4.69, 9.17) is 4.74 Å². The van der Waals surface area contributed by atoms with Crippen molar-refractivity contribution in [3.8, 4) is 5.88 Å². The van der Waals surface area contributed by atoms with Crippen LogP contribution in [0.4, 0.5) is 5.82 Å². The smallest absolute Gasteiger partial charge is 0.218 e. The lowest BCUT2D eigenvalue weighted by molar-refractivity contribution is 0.303. The maximum absolute atomic E-state index is 5.63. The largest absolute Gasteiger partial charge is 0.478 e. The Morgan fingerprint density at radius 1 is 1.24 bits per heavy atom. The molecule has 0 aliphatic rings. The van der Waals surface area contributed by atoms with Crippen LogP contribution >= 0.6 is 0 Å². The molecular formula is C16H22N4O.